The molecule has 0 aliphatic heterocycles. The van der Waals surface area contributed by atoms with Crippen molar-refractivity contribution in [1.29, 1.82) is 0 Å². The van der Waals surface area contributed by atoms with E-state index in [1.54, 1.807) is 18.5 Å². The fourth-order valence-electron chi connectivity index (χ4n) is 1.57. The summed E-state index contributed by atoms with van der Waals surface area (Å²) in [7, 11) is 0. The maximum absolute atomic E-state index is 10.8. The van der Waals surface area contributed by atoms with Crippen LogP contribution in [0.1, 0.15) is 11.4 Å². The van der Waals surface area contributed by atoms with Crippen molar-refractivity contribution < 1.29 is 9.90 Å². The predicted octanol–water partition coefficient (Wildman–Crippen LogP) is 2.16. The summed E-state index contributed by atoms with van der Waals surface area (Å²) in [4.78, 5) is 18.9. The molecule has 1 aromatic carbocycles. The number of para-hydroxylation sites is 1. The smallest absolute Gasteiger partial charge is 0.307 e. The Morgan fingerprint density at radius 3 is 2.61 bits per heavy atom. The number of anilines is 2. The second-order valence-electron chi connectivity index (χ2n) is 3.87. The van der Waals surface area contributed by atoms with Crippen molar-refractivity contribution in [3.63, 3.8) is 0 Å². The van der Waals surface area contributed by atoms with Gasteiger partial charge in [0.25, 0.3) is 0 Å². The lowest BCUT2D eigenvalue weighted by Crippen LogP contribution is -2.04. The molecule has 0 aliphatic carbocycles. The molecule has 2 N–H and O–H groups in total. The fraction of sp³-hybridized carbons (Fsp3) is 0.154. The predicted molar refractivity (Wildman–Crippen MR) is 67.8 cm³/mol. The van der Waals surface area contributed by atoms with E-state index in [4.69, 9.17) is 5.11 Å². The van der Waals surface area contributed by atoms with Gasteiger partial charge in [0.15, 0.2) is 0 Å². The number of rotatable bonds is 4. The zero-order chi connectivity index (χ0) is 13.0. The minimum atomic E-state index is -0.857. The lowest BCUT2D eigenvalue weighted by Gasteiger charge is -2.10. The van der Waals surface area contributed by atoms with Gasteiger partial charge in [0, 0.05) is 5.69 Å². The third-order valence-electron chi connectivity index (χ3n) is 2.42. The number of benzene rings is 1. The van der Waals surface area contributed by atoms with Crippen LogP contribution < -0.4 is 5.32 Å². The molecule has 0 aliphatic rings. The van der Waals surface area contributed by atoms with Gasteiger partial charge >= 0.3 is 5.97 Å². The van der Waals surface area contributed by atoms with Crippen LogP contribution in [0.2, 0.25) is 0 Å². The molecule has 1 aromatic heterocycles. The second-order valence-corrected chi connectivity index (χ2v) is 3.87. The number of aryl methyl sites for hydroxylation is 1. The minimum absolute atomic E-state index is 0.0180. The Morgan fingerprint density at radius 2 is 1.94 bits per heavy atom. The van der Waals surface area contributed by atoms with Crippen molar-refractivity contribution in [3.8, 4) is 0 Å². The summed E-state index contributed by atoms with van der Waals surface area (Å²) in [5.41, 5.74) is 2.22. The van der Waals surface area contributed by atoms with Crippen LogP contribution >= 0.6 is 0 Å². The molecule has 0 fully saturated rings. The number of aliphatic carboxylic acids is 1. The number of carboxylic acids is 1. The van der Waals surface area contributed by atoms with E-state index < -0.39 is 5.97 Å². The Labute approximate surface area is 105 Å². The number of aromatic nitrogens is 2. The summed E-state index contributed by atoms with van der Waals surface area (Å²) in [6.07, 6.45) is 3.32. The SMILES string of the molecule is Cc1ncc(Nc2ccccc2CC(=O)O)cn1. The summed E-state index contributed by atoms with van der Waals surface area (Å²) < 4.78 is 0. The van der Waals surface area contributed by atoms with Crippen molar-refractivity contribution in [2.45, 2.75) is 13.3 Å². The minimum Gasteiger partial charge on any atom is -0.481 e. The topological polar surface area (TPSA) is 75.1 Å². The largest absolute Gasteiger partial charge is 0.481 e. The molecule has 2 rings (SSSR count). The molecule has 0 saturated carbocycles. The van der Waals surface area contributed by atoms with Gasteiger partial charge in [-0.3, -0.25) is 4.79 Å². The van der Waals surface area contributed by atoms with Gasteiger partial charge in [0.1, 0.15) is 5.82 Å². The highest BCUT2D eigenvalue weighted by Gasteiger charge is 2.06. The Morgan fingerprint density at radius 1 is 1.28 bits per heavy atom. The van der Waals surface area contributed by atoms with Gasteiger partial charge in [-0.25, -0.2) is 9.97 Å². The number of nitrogens with zero attached hydrogens (tertiary/aromatic N) is 2. The first-order valence-corrected chi connectivity index (χ1v) is 5.50. The Kier molecular flexibility index (Phi) is 3.52. The van der Waals surface area contributed by atoms with Crippen LogP contribution in [-0.2, 0) is 11.2 Å². The van der Waals surface area contributed by atoms with Crippen LogP contribution in [0.5, 0.6) is 0 Å². The summed E-state index contributed by atoms with van der Waals surface area (Å²) in [6, 6.07) is 7.28. The molecule has 1 heterocycles. The summed E-state index contributed by atoms with van der Waals surface area (Å²) in [5, 5.41) is 12.0. The van der Waals surface area contributed by atoms with Gasteiger partial charge < -0.3 is 10.4 Å². The lowest BCUT2D eigenvalue weighted by molar-refractivity contribution is -0.136. The van der Waals surface area contributed by atoms with Crippen LogP contribution in [0.4, 0.5) is 11.4 Å². The van der Waals surface area contributed by atoms with Gasteiger partial charge in [0.2, 0.25) is 0 Å². The molecule has 0 unspecified atom stereocenters. The van der Waals surface area contributed by atoms with E-state index in [0.717, 1.165) is 16.9 Å². The maximum atomic E-state index is 10.8. The van der Waals surface area contributed by atoms with Gasteiger partial charge in [0.05, 0.1) is 24.5 Å². The first-order valence-electron chi connectivity index (χ1n) is 5.50. The normalized spacial score (nSPS) is 10.1. The van der Waals surface area contributed by atoms with E-state index >= 15 is 0 Å². The van der Waals surface area contributed by atoms with E-state index in [9.17, 15) is 4.79 Å². The van der Waals surface area contributed by atoms with Crippen molar-refractivity contribution in [3.05, 3.63) is 48.0 Å². The second kappa shape index (κ2) is 5.27. The zero-order valence-corrected chi connectivity index (χ0v) is 9.92. The molecule has 5 nitrogen and oxygen atoms in total. The quantitative estimate of drug-likeness (QED) is 0.860. The maximum Gasteiger partial charge on any atom is 0.307 e. The average molecular weight is 243 g/mol. The molecule has 92 valence electrons. The summed E-state index contributed by atoms with van der Waals surface area (Å²) in [6.45, 7) is 1.81. The van der Waals surface area contributed by atoms with Crippen LogP contribution in [0.15, 0.2) is 36.7 Å². The molecule has 5 heteroatoms. The van der Waals surface area contributed by atoms with Gasteiger partial charge in [-0.2, -0.15) is 0 Å². The molecule has 0 bridgehead atoms. The molecule has 0 atom stereocenters. The Bertz CT molecular complexity index is 552. The number of carbonyl (C=O) groups is 1. The molecular formula is C13H13N3O2. The third-order valence-corrected chi connectivity index (χ3v) is 2.42. The summed E-state index contributed by atoms with van der Waals surface area (Å²) >= 11 is 0. The molecule has 2 aromatic rings. The van der Waals surface area contributed by atoms with Crippen LogP contribution in [-0.4, -0.2) is 21.0 Å². The van der Waals surface area contributed by atoms with Gasteiger partial charge in [-0.1, -0.05) is 18.2 Å². The first kappa shape index (κ1) is 12.0. The van der Waals surface area contributed by atoms with Gasteiger partial charge in [-0.15, -0.1) is 0 Å². The highest BCUT2D eigenvalue weighted by molar-refractivity contribution is 5.74. The van der Waals surface area contributed by atoms with Crippen LogP contribution in [0, 0.1) is 6.92 Å². The van der Waals surface area contributed by atoms with E-state index in [2.05, 4.69) is 15.3 Å². The number of hydrogen-bond donors (Lipinski definition) is 2. The first-order chi connectivity index (χ1) is 8.65. The zero-order valence-electron chi connectivity index (χ0n) is 9.92. The van der Waals surface area contributed by atoms with E-state index in [1.165, 1.54) is 0 Å². The van der Waals surface area contributed by atoms with Crippen molar-refractivity contribution >= 4 is 17.3 Å². The lowest BCUT2D eigenvalue weighted by atomic mass is 10.1. The van der Waals surface area contributed by atoms with Crippen molar-refractivity contribution in [1.82, 2.24) is 9.97 Å². The monoisotopic (exact) mass is 243 g/mol. The van der Waals surface area contributed by atoms with Crippen molar-refractivity contribution in [2.24, 2.45) is 0 Å². The van der Waals surface area contributed by atoms with Crippen LogP contribution in [0.3, 0.4) is 0 Å². The van der Waals surface area contributed by atoms with Crippen LogP contribution in [0.25, 0.3) is 0 Å². The average Bonchev–Trinajstić information content (AvgIpc) is 2.34. The highest BCUT2D eigenvalue weighted by atomic mass is 16.4. The Balaban J connectivity index is 2.23. The van der Waals surface area contributed by atoms with Crippen molar-refractivity contribution in [2.75, 3.05) is 5.32 Å². The summed E-state index contributed by atoms with van der Waals surface area (Å²) in [5.74, 6) is -0.163. The number of carboxylic acid groups (broad SMARTS) is 1. The molecule has 0 amide bonds. The molecule has 18 heavy (non-hydrogen) atoms. The van der Waals surface area contributed by atoms with E-state index in [-0.39, 0.29) is 6.42 Å². The molecule has 0 spiro atoms. The standard InChI is InChI=1S/C13H13N3O2/c1-9-14-7-11(8-15-9)16-12-5-3-2-4-10(12)6-13(17)18/h2-5,7-8,16H,6H2,1H3,(H,17,18). The third kappa shape index (κ3) is 3.04. The number of nitrogens with one attached hydrogen (secondary N) is 1. The highest BCUT2D eigenvalue weighted by Crippen LogP contribution is 2.20. The van der Waals surface area contributed by atoms with E-state index in [0.29, 0.717) is 5.82 Å². The fourth-order valence-corrected chi connectivity index (χ4v) is 1.57. The molecule has 0 saturated heterocycles. The molecule has 0 radical (unpaired) electrons. The number of hydrogen-bond acceptors (Lipinski definition) is 4. The van der Waals surface area contributed by atoms with Gasteiger partial charge in [-0.05, 0) is 18.6 Å². The Hall–Kier alpha value is -2.43. The molecular weight excluding hydrogens is 230 g/mol. The van der Waals surface area contributed by atoms with E-state index in [1.807, 2.05) is 25.1 Å².